The topological polar surface area (TPSA) is 119 Å². The number of nitrogens with two attached hydrogens (primary N) is 1. The van der Waals surface area contributed by atoms with Gasteiger partial charge in [0.2, 0.25) is 5.91 Å². The summed E-state index contributed by atoms with van der Waals surface area (Å²) in [5.74, 6) is -1.25. The zero-order chi connectivity index (χ0) is 33.2. The molecule has 1 amide bonds. The van der Waals surface area contributed by atoms with E-state index in [2.05, 4.69) is 43.5 Å². The molecule has 0 aromatic carbocycles. The molecule has 45 heavy (non-hydrogen) atoms. The third kappa shape index (κ3) is 30.3. The van der Waals surface area contributed by atoms with E-state index < -0.39 is 12.0 Å². The number of ether oxygens (including phenoxy) is 1. The number of hydrogen-bond donors (Lipinski definition) is 3. The summed E-state index contributed by atoms with van der Waals surface area (Å²) in [6, 6.07) is -0.854. The van der Waals surface area contributed by atoms with Crippen molar-refractivity contribution in [3.63, 3.8) is 0 Å². The molecule has 4 N–H and O–H groups in total. The molecule has 0 rings (SSSR count). The van der Waals surface area contributed by atoms with Crippen molar-refractivity contribution >= 4 is 17.8 Å². The third-order valence-corrected chi connectivity index (χ3v) is 8.25. The average molecular weight is 635 g/mol. The Kier molecular flexibility index (Phi) is 31.6. The standard InChI is InChI=1S/C38H70N2O5/c1-3-5-7-9-11-12-13-14-15-16-17-22-26-32-37(42)45-34(28-23-19-10-8-6-4-2)29-24-20-18-21-25-31-36(41)40-35(38(43)44)30-27-33-39/h7,9,12-13,34-35H,3-6,8,10-11,14-33,39H2,1-2H3,(H,40,41)(H,43,44)/b9-7-,13-12-. The van der Waals surface area contributed by atoms with Crippen LogP contribution in [0.4, 0.5) is 0 Å². The zero-order valence-electron chi connectivity index (χ0n) is 29.2. The molecule has 0 saturated carbocycles. The molecule has 262 valence electrons. The Morgan fingerprint density at radius 1 is 0.644 bits per heavy atom. The summed E-state index contributed by atoms with van der Waals surface area (Å²) in [5.41, 5.74) is 5.46. The van der Waals surface area contributed by atoms with Crippen molar-refractivity contribution in [2.75, 3.05) is 6.54 Å². The van der Waals surface area contributed by atoms with E-state index in [0.29, 0.717) is 32.2 Å². The second-order valence-electron chi connectivity index (χ2n) is 12.6. The first kappa shape index (κ1) is 42.9. The molecule has 0 heterocycles. The SMILES string of the molecule is CCC/C=C\C/C=C\CCCCCCCC(=O)OC(CCCCCCCC)CCCCCCCC(=O)NC(CCCN)C(=O)O. The van der Waals surface area contributed by atoms with Crippen LogP contribution in [-0.4, -0.2) is 41.6 Å². The highest BCUT2D eigenvalue weighted by Crippen LogP contribution is 2.18. The maximum atomic E-state index is 12.6. The number of carboxylic acids is 1. The van der Waals surface area contributed by atoms with Crippen LogP contribution in [0.3, 0.4) is 0 Å². The van der Waals surface area contributed by atoms with Gasteiger partial charge in [0.25, 0.3) is 0 Å². The molecular formula is C38H70N2O5. The first-order valence-electron chi connectivity index (χ1n) is 18.7. The Morgan fingerprint density at radius 2 is 1.20 bits per heavy atom. The number of unbranched alkanes of at least 4 members (excludes halogenated alkanes) is 15. The van der Waals surface area contributed by atoms with Crippen LogP contribution in [0.25, 0.3) is 0 Å². The summed E-state index contributed by atoms with van der Waals surface area (Å²) in [7, 11) is 0. The number of carboxylic acid groups (broad SMARTS) is 1. The predicted octanol–water partition coefficient (Wildman–Crippen LogP) is 9.72. The summed E-state index contributed by atoms with van der Waals surface area (Å²) in [5, 5.41) is 11.9. The highest BCUT2D eigenvalue weighted by Gasteiger charge is 2.19. The predicted molar refractivity (Wildman–Crippen MR) is 188 cm³/mol. The lowest BCUT2D eigenvalue weighted by Gasteiger charge is -2.18. The lowest BCUT2D eigenvalue weighted by atomic mass is 10.0. The molecule has 7 nitrogen and oxygen atoms in total. The molecule has 0 fully saturated rings. The second kappa shape index (κ2) is 33.2. The number of allylic oxidation sites excluding steroid dienone is 4. The van der Waals surface area contributed by atoms with E-state index in [-0.39, 0.29) is 18.0 Å². The maximum Gasteiger partial charge on any atom is 0.326 e. The van der Waals surface area contributed by atoms with Crippen molar-refractivity contribution in [1.29, 1.82) is 0 Å². The van der Waals surface area contributed by atoms with Crippen molar-refractivity contribution in [1.82, 2.24) is 5.32 Å². The number of nitrogens with one attached hydrogen (secondary N) is 1. The molecule has 0 spiro atoms. The van der Waals surface area contributed by atoms with Gasteiger partial charge in [0.15, 0.2) is 0 Å². The number of carbonyl (C=O) groups is 3. The van der Waals surface area contributed by atoms with Crippen LogP contribution < -0.4 is 11.1 Å². The minimum atomic E-state index is -1.01. The number of carbonyl (C=O) groups excluding carboxylic acids is 2. The quantitative estimate of drug-likeness (QED) is 0.0376. The smallest absolute Gasteiger partial charge is 0.326 e. The van der Waals surface area contributed by atoms with Gasteiger partial charge in [0, 0.05) is 12.8 Å². The van der Waals surface area contributed by atoms with Crippen molar-refractivity contribution in [3.8, 4) is 0 Å². The normalized spacial score (nSPS) is 13.0. The molecule has 0 aromatic heterocycles. The number of aliphatic carboxylic acids is 1. The van der Waals surface area contributed by atoms with E-state index >= 15 is 0 Å². The van der Waals surface area contributed by atoms with E-state index in [9.17, 15) is 19.5 Å². The number of rotatable bonds is 33. The van der Waals surface area contributed by atoms with Crippen LogP contribution in [0.5, 0.6) is 0 Å². The zero-order valence-corrected chi connectivity index (χ0v) is 29.2. The van der Waals surface area contributed by atoms with Gasteiger partial charge in [-0.2, -0.15) is 0 Å². The Balaban J connectivity index is 4.20. The van der Waals surface area contributed by atoms with Gasteiger partial charge in [0.1, 0.15) is 12.1 Å². The van der Waals surface area contributed by atoms with E-state index in [1.165, 1.54) is 64.2 Å². The molecule has 7 heteroatoms. The fourth-order valence-corrected chi connectivity index (χ4v) is 5.43. The highest BCUT2D eigenvalue weighted by molar-refractivity contribution is 5.83. The lowest BCUT2D eigenvalue weighted by Crippen LogP contribution is -2.40. The van der Waals surface area contributed by atoms with Crippen LogP contribution in [0, 0.1) is 0 Å². The molecule has 2 atom stereocenters. The Hall–Kier alpha value is -2.15. The Labute approximate surface area is 276 Å². The molecule has 0 saturated heterocycles. The van der Waals surface area contributed by atoms with E-state index in [1.54, 1.807) is 0 Å². The van der Waals surface area contributed by atoms with Crippen LogP contribution >= 0.6 is 0 Å². The van der Waals surface area contributed by atoms with Gasteiger partial charge in [-0.15, -0.1) is 0 Å². The summed E-state index contributed by atoms with van der Waals surface area (Å²) < 4.78 is 5.97. The van der Waals surface area contributed by atoms with Gasteiger partial charge in [-0.25, -0.2) is 4.79 Å². The minimum absolute atomic E-state index is 0.0135. The first-order valence-corrected chi connectivity index (χ1v) is 18.7. The molecule has 0 aliphatic rings. The van der Waals surface area contributed by atoms with Crippen LogP contribution in [0.1, 0.15) is 181 Å². The Morgan fingerprint density at radius 3 is 1.80 bits per heavy atom. The van der Waals surface area contributed by atoms with Gasteiger partial charge in [0.05, 0.1) is 0 Å². The van der Waals surface area contributed by atoms with E-state index in [1.807, 2.05) is 0 Å². The van der Waals surface area contributed by atoms with Crippen molar-refractivity contribution < 1.29 is 24.2 Å². The minimum Gasteiger partial charge on any atom is -0.480 e. The molecule has 0 bridgehead atoms. The van der Waals surface area contributed by atoms with E-state index in [0.717, 1.165) is 77.0 Å². The monoisotopic (exact) mass is 635 g/mol. The molecule has 2 unspecified atom stereocenters. The van der Waals surface area contributed by atoms with Gasteiger partial charge in [-0.1, -0.05) is 115 Å². The molecule has 0 aliphatic heterocycles. The van der Waals surface area contributed by atoms with Crippen LogP contribution in [-0.2, 0) is 19.1 Å². The maximum absolute atomic E-state index is 12.6. The van der Waals surface area contributed by atoms with Crippen LogP contribution in [0.2, 0.25) is 0 Å². The van der Waals surface area contributed by atoms with Gasteiger partial charge < -0.3 is 20.9 Å². The van der Waals surface area contributed by atoms with Crippen molar-refractivity contribution in [2.45, 2.75) is 193 Å². The van der Waals surface area contributed by atoms with Crippen molar-refractivity contribution in [2.24, 2.45) is 5.73 Å². The second-order valence-corrected chi connectivity index (χ2v) is 12.6. The van der Waals surface area contributed by atoms with Gasteiger partial charge in [-0.3, -0.25) is 9.59 Å². The third-order valence-electron chi connectivity index (χ3n) is 8.25. The molecule has 0 radical (unpaired) electrons. The lowest BCUT2D eigenvalue weighted by molar-refractivity contribution is -0.150. The van der Waals surface area contributed by atoms with Gasteiger partial charge in [-0.05, 0) is 83.6 Å². The van der Waals surface area contributed by atoms with Crippen LogP contribution in [0.15, 0.2) is 24.3 Å². The van der Waals surface area contributed by atoms with E-state index in [4.69, 9.17) is 10.5 Å². The summed E-state index contributed by atoms with van der Waals surface area (Å²) >= 11 is 0. The highest BCUT2D eigenvalue weighted by atomic mass is 16.5. The fraction of sp³-hybridized carbons (Fsp3) is 0.816. The Bertz CT molecular complexity index is 767. The first-order chi connectivity index (χ1) is 21.9. The average Bonchev–Trinajstić information content (AvgIpc) is 3.02. The summed E-state index contributed by atoms with van der Waals surface area (Å²) in [6.07, 6.45) is 35.1. The molecule has 0 aromatic rings. The number of amides is 1. The van der Waals surface area contributed by atoms with Crippen molar-refractivity contribution in [3.05, 3.63) is 24.3 Å². The summed E-state index contributed by atoms with van der Waals surface area (Å²) in [6.45, 7) is 4.84. The van der Waals surface area contributed by atoms with Gasteiger partial charge >= 0.3 is 11.9 Å². The largest absolute Gasteiger partial charge is 0.480 e. The number of esters is 1. The number of hydrogen-bond acceptors (Lipinski definition) is 5. The fourth-order valence-electron chi connectivity index (χ4n) is 5.43. The molecular weight excluding hydrogens is 564 g/mol. The summed E-state index contributed by atoms with van der Waals surface area (Å²) in [4.78, 5) is 36.1. The molecule has 0 aliphatic carbocycles.